The Bertz CT molecular complexity index is 419. The first kappa shape index (κ1) is 13.7. The van der Waals surface area contributed by atoms with Crippen molar-refractivity contribution < 1.29 is 4.79 Å². The smallest absolute Gasteiger partial charge is 0.174 e. The van der Waals surface area contributed by atoms with Gasteiger partial charge in [-0.3, -0.25) is 4.79 Å². The van der Waals surface area contributed by atoms with Gasteiger partial charge in [0.05, 0.1) is 0 Å². The minimum absolute atomic E-state index is 0.238. The summed E-state index contributed by atoms with van der Waals surface area (Å²) >= 11 is 6.96. The number of Topliss-reactive ketones (excluding diaryl/α,β-unsaturated/α-hetero) is 1. The van der Waals surface area contributed by atoms with E-state index < -0.39 is 0 Å². The highest BCUT2D eigenvalue weighted by molar-refractivity contribution is 9.11. The molecule has 0 N–H and O–H groups in total. The molecule has 0 amide bonds. The maximum Gasteiger partial charge on any atom is 0.174 e. The number of hydrogen-bond acceptors (Lipinski definition) is 1. The van der Waals surface area contributed by atoms with E-state index >= 15 is 0 Å². The van der Waals surface area contributed by atoms with Crippen LogP contribution in [-0.2, 0) is 0 Å². The van der Waals surface area contributed by atoms with E-state index in [9.17, 15) is 4.79 Å². The van der Waals surface area contributed by atoms with E-state index in [4.69, 9.17) is 0 Å². The Hall–Kier alpha value is 0.280. The molecule has 1 aliphatic carbocycles. The standard InChI is InChI=1S/C13H15Br2OP/c14-9-5-4-6-10(15)11(9)12(16)13(17)7-2-1-3-8-13/h4-6H,1-3,7-8,17H2. The zero-order valence-electron chi connectivity index (χ0n) is 9.51. The van der Waals surface area contributed by atoms with Crippen molar-refractivity contribution in [3.8, 4) is 0 Å². The quantitative estimate of drug-likeness (QED) is 0.525. The molecule has 1 aromatic carbocycles. The van der Waals surface area contributed by atoms with Gasteiger partial charge in [0.15, 0.2) is 5.78 Å². The third kappa shape index (κ3) is 2.83. The summed E-state index contributed by atoms with van der Waals surface area (Å²) < 4.78 is 1.76. The molecule has 17 heavy (non-hydrogen) atoms. The van der Waals surface area contributed by atoms with Crippen LogP contribution in [0.3, 0.4) is 0 Å². The highest BCUT2D eigenvalue weighted by atomic mass is 79.9. The zero-order valence-corrected chi connectivity index (χ0v) is 13.8. The summed E-state index contributed by atoms with van der Waals surface area (Å²) in [6.07, 6.45) is 5.50. The molecule has 0 spiro atoms. The van der Waals surface area contributed by atoms with Crippen molar-refractivity contribution in [2.24, 2.45) is 0 Å². The van der Waals surface area contributed by atoms with Crippen LogP contribution in [0.2, 0.25) is 0 Å². The van der Waals surface area contributed by atoms with Crippen LogP contribution in [0.15, 0.2) is 27.1 Å². The molecule has 1 aliphatic rings. The fourth-order valence-corrected chi connectivity index (χ4v) is 4.28. The second-order valence-electron chi connectivity index (χ2n) is 4.64. The first-order valence-electron chi connectivity index (χ1n) is 5.82. The molecule has 1 unspecified atom stereocenters. The molecular weight excluding hydrogens is 363 g/mol. The van der Waals surface area contributed by atoms with Crippen molar-refractivity contribution in [1.29, 1.82) is 0 Å². The van der Waals surface area contributed by atoms with Crippen LogP contribution in [0.25, 0.3) is 0 Å². The van der Waals surface area contributed by atoms with Crippen LogP contribution in [0.1, 0.15) is 42.5 Å². The summed E-state index contributed by atoms with van der Waals surface area (Å²) in [4.78, 5) is 12.7. The molecule has 0 saturated heterocycles. The Morgan fingerprint density at radius 3 is 2.18 bits per heavy atom. The molecule has 92 valence electrons. The van der Waals surface area contributed by atoms with Crippen LogP contribution in [0.5, 0.6) is 0 Å². The van der Waals surface area contributed by atoms with E-state index in [0.29, 0.717) is 0 Å². The number of benzene rings is 1. The number of rotatable bonds is 2. The number of carbonyl (C=O) groups excluding carboxylic acids is 1. The normalized spacial score (nSPS) is 19.0. The number of carbonyl (C=O) groups is 1. The molecule has 1 nitrogen and oxygen atoms in total. The van der Waals surface area contributed by atoms with Gasteiger partial charge in [-0.25, -0.2) is 0 Å². The summed E-state index contributed by atoms with van der Waals surface area (Å²) in [5.41, 5.74) is 0.782. The molecule has 0 aromatic heterocycles. The topological polar surface area (TPSA) is 17.1 Å². The van der Waals surface area contributed by atoms with E-state index in [1.54, 1.807) is 0 Å². The van der Waals surface area contributed by atoms with Gasteiger partial charge in [0, 0.05) is 19.7 Å². The average molecular weight is 378 g/mol. The highest BCUT2D eigenvalue weighted by Crippen LogP contribution is 2.41. The summed E-state index contributed by atoms with van der Waals surface area (Å²) in [7, 11) is 2.81. The Morgan fingerprint density at radius 1 is 1.12 bits per heavy atom. The van der Waals surface area contributed by atoms with Crippen molar-refractivity contribution in [2.75, 3.05) is 0 Å². The lowest BCUT2D eigenvalue weighted by Crippen LogP contribution is -2.34. The van der Waals surface area contributed by atoms with E-state index in [2.05, 4.69) is 41.1 Å². The van der Waals surface area contributed by atoms with Gasteiger partial charge in [-0.2, -0.15) is 0 Å². The van der Waals surface area contributed by atoms with Gasteiger partial charge in [-0.15, -0.1) is 9.24 Å². The van der Waals surface area contributed by atoms with Crippen molar-refractivity contribution in [3.63, 3.8) is 0 Å². The average Bonchev–Trinajstić information content (AvgIpc) is 2.29. The lowest BCUT2D eigenvalue weighted by atomic mass is 9.83. The second kappa shape index (κ2) is 5.50. The maximum atomic E-state index is 12.7. The fraction of sp³-hybridized carbons (Fsp3) is 0.462. The van der Waals surface area contributed by atoms with Gasteiger partial charge in [0.25, 0.3) is 0 Å². The van der Waals surface area contributed by atoms with Crippen LogP contribution < -0.4 is 0 Å². The second-order valence-corrected chi connectivity index (χ2v) is 7.46. The molecule has 0 bridgehead atoms. The summed E-state index contributed by atoms with van der Waals surface area (Å²) in [5.74, 6) is 0.238. The SMILES string of the molecule is O=C(c1c(Br)cccc1Br)C1(P)CCCCC1. The van der Waals surface area contributed by atoms with Gasteiger partial charge in [-0.1, -0.05) is 57.2 Å². The lowest BCUT2D eigenvalue weighted by Gasteiger charge is -2.32. The molecular formula is C13H15Br2OP. The first-order valence-corrected chi connectivity index (χ1v) is 7.99. The number of halogens is 2. The molecule has 1 atom stereocenters. The van der Waals surface area contributed by atoms with E-state index in [1.807, 2.05) is 18.2 Å². The Morgan fingerprint density at radius 2 is 1.65 bits per heavy atom. The summed E-state index contributed by atoms with van der Waals surface area (Å²) in [6.45, 7) is 0. The molecule has 0 aliphatic heterocycles. The van der Waals surface area contributed by atoms with Gasteiger partial charge >= 0.3 is 0 Å². The molecule has 0 heterocycles. The summed E-state index contributed by atoms with van der Waals surface area (Å²) in [5, 5.41) is -0.259. The van der Waals surface area contributed by atoms with Gasteiger partial charge in [-0.05, 0) is 25.0 Å². The van der Waals surface area contributed by atoms with E-state index in [-0.39, 0.29) is 10.9 Å². The number of hydrogen-bond donors (Lipinski definition) is 0. The first-order chi connectivity index (χ1) is 8.04. The minimum Gasteiger partial charge on any atom is -0.293 e. The predicted molar refractivity (Wildman–Crippen MR) is 81.7 cm³/mol. The van der Waals surface area contributed by atoms with Crippen LogP contribution in [-0.4, -0.2) is 10.9 Å². The molecule has 4 heteroatoms. The third-order valence-electron chi connectivity index (χ3n) is 3.39. The summed E-state index contributed by atoms with van der Waals surface area (Å²) in [6, 6.07) is 5.78. The van der Waals surface area contributed by atoms with Crippen LogP contribution >= 0.6 is 41.1 Å². The highest BCUT2D eigenvalue weighted by Gasteiger charge is 2.36. The predicted octanol–water partition coefficient (Wildman–Crippen LogP) is 4.97. The monoisotopic (exact) mass is 376 g/mol. The Labute approximate surface area is 121 Å². The van der Waals surface area contributed by atoms with Crippen LogP contribution in [0, 0.1) is 0 Å². The van der Waals surface area contributed by atoms with Crippen LogP contribution in [0.4, 0.5) is 0 Å². The van der Waals surface area contributed by atoms with Gasteiger partial charge in [0.1, 0.15) is 0 Å². The lowest BCUT2D eigenvalue weighted by molar-refractivity contribution is 0.0916. The molecule has 1 aromatic rings. The van der Waals surface area contributed by atoms with Gasteiger partial charge < -0.3 is 0 Å². The molecule has 1 fully saturated rings. The largest absolute Gasteiger partial charge is 0.293 e. The molecule has 0 radical (unpaired) electrons. The van der Waals surface area contributed by atoms with Crippen molar-refractivity contribution in [1.82, 2.24) is 0 Å². The fourth-order valence-electron chi connectivity index (χ4n) is 2.37. The van der Waals surface area contributed by atoms with Gasteiger partial charge in [0.2, 0.25) is 0 Å². The maximum absolute atomic E-state index is 12.7. The Balaban J connectivity index is 2.36. The van der Waals surface area contributed by atoms with Crippen molar-refractivity contribution in [2.45, 2.75) is 37.3 Å². The minimum atomic E-state index is -0.259. The van der Waals surface area contributed by atoms with Crippen molar-refractivity contribution in [3.05, 3.63) is 32.7 Å². The van der Waals surface area contributed by atoms with Crippen molar-refractivity contribution >= 4 is 46.9 Å². The molecule has 1 saturated carbocycles. The molecule has 2 rings (SSSR count). The Kier molecular flexibility index (Phi) is 4.44. The van der Waals surface area contributed by atoms with E-state index in [1.165, 1.54) is 6.42 Å². The zero-order chi connectivity index (χ0) is 12.5. The van der Waals surface area contributed by atoms with E-state index in [0.717, 1.165) is 40.2 Å². The number of ketones is 1. The third-order valence-corrected chi connectivity index (χ3v) is 5.55.